The summed E-state index contributed by atoms with van der Waals surface area (Å²) in [5.41, 5.74) is -2.23. The molecular formula is C13H10F3NO4. The maximum absolute atomic E-state index is 12.6. The third-order valence-electron chi connectivity index (χ3n) is 3.17. The zero-order valence-corrected chi connectivity index (χ0v) is 10.8. The minimum atomic E-state index is -4.71. The summed E-state index contributed by atoms with van der Waals surface area (Å²) < 4.78 is 37.8. The van der Waals surface area contributed by atoms with Gasteiger partial charge in [0.25, 0.3) is 0 Å². The van der Waals surface area contributed by atoms with Crippen molar-refractivity contribution in [3.63, 3.8) is 0 Å². The van der Waals surface area contributed by atoms with Crippen molar-refractivity contribution in [3.8, 4) is 0 Å². The molecule has 1 saturated heterocycles. The molecule has 1 aromatic carbocycles. The van der Waals surface area contributed by atoms with Gasteiger partial charge in [-0.15, -0.1) is 0 Å². The van der Waals surface area contributed by atoms with Crippen LogP contribution < -0.4 is 4.90 Å². The summed E-state index contributed by atoms with van der Waals surface area (Å²) in [6.45, 7) is 1.49. The van der Waals surface area contributed by atoms with Crippen LogP contribution in [0.5, 0.6) is 0 Å². The lowest BCUT2D eigenvalue weighted by molar-refractivity contribution is -0.137. The smallest absolute Gasteiger partial charge is 0.416 e. The van der Waals surface area contributed by atoms with E-state index in [2.05, 4.69) is 0 Å². The van der Waals surface area contributed by atoms with Crippen molar-refractivity contribution in [2.75, 3.05) is 4.90 Å². The predicted molar refractivity (Wildman–Crippen MR) is 64.7 cm³/mol. The van der Waals surface area contributed by atoms with E-state index in [1.807, 2.05) is 0 Å². The lowest BCUT2D eigenvalue weighted by Gasteiger charge is -2.18. The first-order chi connectivity index (χ1) is 9.62. The average Bonchev–Trinajstić information content (AvgIpc) is 2.61. The zero-order chi connectivity index (χ0) is 15.9. The minimum absolute atomic E-state index is 0.0983. The lowest BCUT2D eigenvalue weighted by Crippen LogP contribution is -2.31. The van der Waals surface area contributed by atoms with Crippen molar-refractivity contribution in [1.82, 2.24) is 0 Å². The Morgan fingerprint density at radius 3 is 2.38 bits per heavy atom. The topological polar surface area (TPSA) is 74.7 Å². The van der Waals surface area contributed by atoms with E-state index >= 15 is 0 Å². The summed E-state index contributed by atoms with van der Waals surface area (Å²) >= 11 is 0. The van der Waals surface area contributed by atoms with Gasteiger partial charge in [-0.3, -0.25) is 9.59 Å². The van der Waals surface area contributed by atoms with Gasteiger partial charge in [0.1, 0.15) is 0 Å². The molecule has 0 aromatic heterocycles. The zero-order valence-electron chi connectivity index (χ0n) is 10.8. The molecule has 2 rings (SSSR count). The number of anilines is 1. The highest BCUT2D eigenvalue weighted by Gasteiger charge is 2.39. The van der Waals surface area contributed by atoms with E-state index in [1.165, 1.54) is 6.92 Å². The Labute approximate surface area is 117 Å². The fourth-order valence-electron chi connectivity index (χ4n) is 2.12. The number of carboxylic acids is 1. The predicted octanol–water partition coefficient (Wildman–Crippen LogP) is 2.30. The molecular weight excluding hydrogens is 291 g/mol. The minimum Gasteiger partial charge on any atom is -0.478 e. The number of benzene rings is 1. The van der Waals surface area contributed by atoms with Crippen LogP contribution in [-0.4, -0.2) is 22.9 Å². The van der Waals surface area contributed by atoms with E-state index in [0.717, 1.165) is 6.07 Å². The van der Waals surface area contributed by atoms with E-state index in [-0.39, 0.29) is 12.1 Å². The van der Waals surface area contributed by atoms with Crippen LogP contribution in [0.15, 0.2) is 18.2 Å². The van der Waals surface area contributed by atoms with Crippen molar-refractivity contribution in [2.45, 2.75) is 19.5 Å². The number of aromatic carboxylic acids is 1. The highest BCUT2D eigenvalue weighted by atomic mass is 19.4. The van der Waals surface area contributed by atoms with Crippen LogP contribution >= 0.6 is 0 Å². The Bertz CT molecular complexity index is 639. The van der Waals surface area contributed by atoms with Crippen LogP contribution in [-0.2, 0) is 15.8 Å². The number of imide groups is 1. The molecule has 1 unspecified atom stereocenters. The summed E-state index contributed by atoms with van der Waals surface area (Å²) in [7, 11) is 0. The normalized spacial score (nSPS) is 19.2. The monoisotopic (exact) mass is 301 g/mol. The highest BCUT2D eigenvalue weighted by molar-refractivity contribution is 6.22. The number of rotatable bonds is 2. The molecule has 1 heterocycles. The molecule has 0 radical (unpaired) electrons. The van der Waals surface area contributed by atoms with Crippen LogP contribution in [0.3, 0.4) is 0 Å². The molecule has 5 nitrogen and oxygen atoms in total. The molecule has 1 fully saturated rings. The Morgan fingerprint density at radius 2 is 1.95 bits per heavy atom. The molecule has 2 amide bonds. The molecule has 112 valence electrons. The third-order valence-corrected chi connectivity index (χ3v) is 3.17. The maximum atomic E-state index is 12.6. The van der Waals surface area contributed by atoms with Gasteiger partial charge < -0.3 is 5.11 Å². The molecule has 1 aromatic rings. The van der Waals surface area contributed by atoms with Crippen LogP contribution in [0.25, 0.3) is 0 Å². The Balaban J connectivity index is 2.57. The Morgan fingerprint density at radius 1 is 1.33 bits per heavy atom. The van der Waals surface area contributed by atoms with Gasteiger partial charge in [0.2, 0.25) is 11.8 Å². The molecule has 0 aliphatic carbocycles. The van der Waals surface area contributed by atoms with Gasteiger partial charge in [-0.2, -0.15) is 13.2 Å². The molecule has 1 atom stereocenters. The lowest BCUT2D eigenvalue weighted by atomic mass is 10.1. The summed E-state index contributed by atoms with van der Waals surface area (Å²) in [5.74, 6) is -3.52. The number of alkyl halides is 3. The van der Waals surface area contributed by atoms with Crippen molar-refractivity contribution in [3.05, 3.63) is 29.3 Å². The largest absolute Gasteiger partial charge is 0.478 e. The standard InChI is InChI=1S/C13H10F3NO4/c1-6-4-10(18)17(11(6)19)9-3-2-7(13(14,15)16)5-8(9)12(20)21/h2-3,5-6H,4H2,1H3,(H,20,21). The second-order valence-electron chi connectivity index (χ2n) is 4.71. The number of nitrogens with zero attached hydrogens (tertiary/aromatic N) is 1. The summed E-state index contributed by atoms with van der Waals surface area (Å²) in [4.78, 5) is 35.4. The van der Waals surface area contributed by atoms with Crippen LogP contribution in [0.4, 0.5) is 18.9 Å². The van der Waals surface area contributed by atoms with Gasteiger partial charge in [-0.1, -0.05) is 6.92 Å². The first kappa shape index (κ1) is 15.0. The van der Waals surface area contributed by atoms with E-state index in [1.54, 1.807) is 0 Å². The van der Waals surface area contributed by atoms with E-state index < -0.39 is 41.0 Å². The van der Waals surface area contributed by atoms with Gasteiger partial charge in [-0.05, 0) is 18.2 Å². The Kier molecular flexibility index (Phi) is 3.48. The molecule has 21 heavy (non-hydrogen) atoms. The van der Waals surface area contributed by atoms with Crippen molar-refractivity contribution in [1.29, 1.82) is 0 Å². The van der Waals surface area contributed by atoms with Crippen molar-refractivity contribution < 1.29 is 32.7 Å². The van der Waals surface area contributed by atoms with Crippen LogP contribution in [0.1, 0.15) is 29.3 Å². The third kappa shape index (κ3) is 2.61. The second-order valence-corrected chi connectivity index (χ2v) is 4.71. The number of halogens is 3. The van der Waals surface area contributed by atoms with Crippen LogP contribution in [0.2, 0.25) is 0 Å². The van der Waals surface area contributed by atoms with E-state index in [4.69, 9.17) is 5.11 Å². The van der Waals surface area contributed by atoms with Gasteiger partial charge >= 0.3 is 12.1 Å². The molecule has 0 spiro atoms. The fraction of sp³-hybridized carbons (Fsp3) is 0.308. The number of amides is 2. The molecule has 0 bridgehead atoms. The van der Waals surface area contributed by atoms with Gasteiger partial charge in [0, 0.05) is 12.3 Å². The van der Waals surface area contributed by atoms with E-state index in [0.29, 0.717) is 17.0 Å². The molecule has 1 aliphatic rings. The quantitative estimate of drug-likeness (QED) is 0.851. The number of carboxylic acid groups (broad SMARTS) is 1. The summed E-state index contributed by atoms with van der Waals surface area (Å²) in [5, 5.41) is 9.04. The summed E-state index contributed by atoms with van der Waals surface area (Å²) in [6.07, 6.45) is -4.81. The van der Waals surface area contributed by atoms with E-state index in [9.17, 15) is 27.6 Å². The van der Waals surface area contributed by atoms with Crippen molar-refractivity contribution in [2.24, 2.45) is 5.92 Å². The number of carbonyl (C=O) groups excluding carboxylic acids is 2. The van der Waals surface area contributed by atoms with Gasteiger partial charge in [0.05, 0.1) is 16.8 Å². The number of carbonyl (C=O) groups is 3. The average molecular weight is 301 g/mol. The van der Waals surface area contributed by atoms with Crippen LogP contribution in [0, 0.1) is 5.92 Å². The maximum Gasteiger partial charge on any atom is 0.416 e. The number of hydrogen-bond donors (Lipinski definition) is 1. The molecule has 8 heteroatoms. The van der Waals surface area contributed by atoms with Crippen molar-refractivity contribution >= 4 is 23.5 Å². The van der Waals surface area contributed by atoms with Gasteiger partial charge in [0.15, 0.2) is 0 Å². The molecule has 0 saturated carbocycles. The summed E-state index contributed by atoms with van der Waals surface area (Å²) in [6, 6.07) is 1.90. The highest BCUT2D eigenvalue weighted by Crippen LogP contribution is 2.35. The molecule has 1 N–H and O–H groups in total. The number of hydrogen-bond acceptors (Lipinski definition) is 3. The van der Waals surface area contributed by atoms with Gasteiger partial charge in [-0.25, -0.2) is 9.69 Å². The Hall–Kier alpha value is -2.38. The first-order valence-corrected chi connectivity index (χ1v) is 5.94. The SMILES string of the molecule is CC1CC(=O)N(c2ccc(C(F)(F)F)cc2C(=O)O)C1=O. The fourth-order valence-corrected chi connectivity index (χ4v) is 2.12. The first-order valence-electron chi connectivity index (χ1n) is 5.94. The second kappa shape index (κ2) is 4.87. The molecule has 1 aliphatic heterocycles.